The summed E-state index contributed by atoms with van der Waals surface area (Å²) in [5.74, 6) is -3.30. The third-order valence-corrected chi connectivity index (χ3v) is 4.14. The smallest absolute Gasteiger partial charge is 0.326 e. The molecule has 4 amide bonds. The minimum Gasteiger partial charge on any atom is -0.480 e. The standard InChI is InChI=1S/C15H27N5O6S/c1-8(13(23)20-10(15(25)26)5-6-27-2)18-14(24)9(3-4-11(17)21)19-12(22)7-16/h8-10H,3-7,16H2,1-2H3,(H2,17,21)(H,18,24)(H,19,22)(H,20,23)(H,25,26). The second kappa shape index (κ2) is 12.9. The summed E-state index contributed by atoms with van der Waals surface area (Å²) in [5.41, 5.74) is 10.2. The van der Waals surface area contributed by atoms with E-state index in [0.717, 1.165) is 0 Å². The minimum absolute atomic E-state index is 0.0628. The van der Waals surface area contributed by atoms with Crippen molar-refractivity contribution in [3.05, 3.63) is 0 Å². The molecule has 27 heavy (non-hydrogen) atoms. The zero-order valence-electron chi connectivity index (χ0n) is 15.3. The molecule has 0 bridgehead atoms. The number of hydrogen-bond donors (Lipinski definition) is 6. The topological polar surface area (TPSA) is 194 Å². The Morgan fingerprint density at radius 2 is 1.63 bits per heavy atom. The fraction of sp³-hybridized carbons (Fsp3) is 0.667. The first-order valence-electron chi connectivity index (χ1n) is 8.22. The van der Waals surface area contributed by atoms with Crippen LogP contribution in [0.15, 0.2) is 0 Å². The molecule has 0 aliphatic rings. The molecule has 154 valence electrons. The lowest BCUT2D eigenvalue weighted by atomic mass is 10.1. The SMILES string of the molecule is CSCCC(NC(=O)C(C)NC(=O)C(CCC(N)=O)NC(=O)CN)C(=O)O. The van der Waals surface area contributed by atoms with E-state index in [4.69, 9.17) is 16.6 Å². The summed E-state index contributed by atoms with van der Waals surface area (Å²) >= 11 is 1.44. The number of amides is 4. The maximum atomic E-state index is 12.3. The molecule has 0 saturated heterocycles. The largest absolute Gasteiger partial charge is 0.480 e. The van der Waals surface area contributed by atoms with Gasteiger partial charge in [-0.1, -0.05) is 0 Å². The van der Waals surface area contributed by atoms with E-state index in [-0.39, 0.29) is 25.8 Å². The van der Waals surface area contributed by atoms with Crippen molar-refractivity contribution < 1.29 is 29.1 Å². The van der Waals surface area contributed by atoms with Gasteiger partial charge < -0.3 is 32.5 Å². The summed E-state index contributed by atoms with van der Waals surface area (Å²) < 4.78 is 0. The van der Waals surface area contributed by atoms with Crippen LogP contribution < -0.4 is 27.4 Å². The van der Waals surface area contributed by atoms with Gasteiger partial charge in [0.2, 0.25) is 23.6 Å². The molecule has 0 spiro atoms. The van der Waals surface area contributed by atoms with Gasteiger partial charge in [-0.05, 0) is 31.8 Å². The van der Waals surface area contributed by atoms with Crippen LogP contribution in [0.25, 0.3) is 0 Å². The van der Waals surface area contributed by atoms with Crippen molar-refractivity contribution in [1.82, 2.24) is 16.0 Å². The number of carbonyl (C=O) groups is 5. The number of primary amides is 1. The van der Waals surface area contributed by atoms with Crippen LogP contribution >= 0.6 is 11.8 Å². The van der Waals surface area contributed by atoms with Gasteiger partial charge in [-0.25, -0.2) is 4.79 Å². The molecule has 0 heterocycles. The number of thioether (sulfide) groups is 1. The highest BCUT2D eigenvalue weighted by Gasteiger charge is 2.27. The fourth-order valence-electron chi connectivity index (χ4n) is 1.98. The number of carboxylic acids is 1. The Balaban J connectivity index is 4.86. The molecule has 8 N–H and O–H groups in total. The van der Waals surface area contributed by atoms with E-state index in [1.54, 1.807) is 0 Å². The van der Waals surface area contributed by atoms with E-state index < -0.39 is 47.7 Å². The fourth-order valence-corrected chi connectivity index (χ4v) is 2.45. The van der Waals surface area contributed by atoms with E-state index in [1.165, 1.54) is 18.7 Å². The summed E-state index contributed by atoms with van der Waals surface area (Å²) in [4.78, 5) is 58.0. The zero-order chi connectivity index (χ0) is 21.0. The van der Waals surface area contributed by atoms with Crippen LogP contribution in [-0.4, -0.2) is 71.4 Å². The molecule has 0 aromatic heterocycles. The number of hydrogen-bond acceptors (Lipinski definition) is 7. The van der Waals surface area contributed by atoms with E-state index >= 15 is 0 Å². The maximum Gasteiger partial charge on any atom is 0.326 e. The number of nitrogens with two attached hydrogens (primary N) is 2. The lowest BCUT2D eigenvalue weighted by Crippen LogP contribution is -2.55. The number of carboxylic acid groups (broad SMARTS) is 1. The van der Waals surface area contributed by atoms with E-state index in [2.05, 4.69) is 16.0 Å². The normalized spacial score (nSPS) is 13.7. The number of aliphatic carboxylic acids is 1. The molecule has 0 rings (SSSR count). The van der Waals surface area contributed by atoms with Crippen LogP contribution in [0, 0.1) is 0 Å². The second-order valence-corrected chi connectivity index (χ2v) is 6.73. The van der Waals surface area contributed by atoms with Gasteiger partial charge in [-0.15, -0.1) is 0 Å². The molecule has 3 unspecified atom stereocenters. The predicted molar refractivity (Wildman–Crippen MR) is 99.6 cm³/mol. The first-order chi connectivity index (χ1) is 12.6. The van der Waals surface area contributed by atoms with Gasteiger partial charge in [-0.3, -0.25) is 19.2 Å². The summed E-state index contributed by atoms with van der Waals surface area (Å²) in [6, 6.07) is -3.23. The predicted octanol–water partition coefficient (Wildman–Crippen LogP) is -2.48. The monoisotopic (exact) mass is 405 g/mol. The second-order valence-electron chi connectivity index (χ2n) is 5.74. The molecule has 0 aromatic carbocycles. The molecule has 0 radical (unpaired) electrons. The molecule has 0 saturated carbocycles. The van der Waals surface area contributed by atoms with Crippen molar-refractivity contribution in [2.24, 2.45) is 11.5 Å². The summed E-state index contributed by atoms with van der Waals surface area (Å²) in [7, 11) is 0. The Bertz CT molecular complexity index is 559. The molecular weight excluding hydrogens is 378 g/mol. The lowest BCUT2D eigenvalue weighted by Gasteiger charge is -2.22. The van der Waals surface area contributed by atoms with Crippen LogP contribution in [0.1, 0.15) is 26.2 Å². The van der Waals surface area contributed by atoms with Gasteiger partial charge in [0.25, 0.3) is 0 Å². The first-order valence-corrected chi connectivity index (χ1v) is 9.61. The number of carbonyl (C=O) groups excluding carboxylic acids is 4. The third kappa shape index (κ3) is 10.4. The highest BCUT2D eigenvalue weighted by atomic mass is 32.2. The molecule has 0 fully saturated rings. The maximum absolute atomic E-state index is 12.3. The molecule has 3 atom stereocenters. The summed E-state index contributed by atoms with van der Waals surface area (Å²) in [6.45, 7) is 1.02. The molecule has 0 aromatic rings. The summed E-state index contributed by atoms with van der Waals surface area (Å²) in [5, 5.41) is 16.2. The van der Waals surface area contributed by atoms with Gasteiger partial charge in [0, 0.05) is 6.42 Å². The number of nitrogens with one attached hydrogen (secondary N) is 3. The van der Waals surface area contributed by atoms with Crippen LogP contribution in [-0.2, 0) is 24.0 Å². The Kier molecular flexibility index (Phi) is 11.8. The average molecular weight is 405 g/mol. The highest BCUT2D eigenvalue weighted by molar-refractivity contribution is 7.98. The van der Waals surface area contributed by atoms with Gasteiger partial charge >= 0.3 is 5.97 Å². The molecule has 0 aliphatic carbocycles. The highest BCUT2D eigenvalue weighted by Crippen LogP contribution is 2.02. The Morgan fingerprint density at radius 3 is 2.11 bits per heavy atom. The number of rotatable bonds is 13. The average Bonchev–Trinajstić information content (AvgIpc) is 2.60. The lowest BCUT2D eigenvalue weighted by molar-refractivity contribution is -0.142. The van der Waals surface area contributed by atoms with Crippen LogP contribution in [0.3, 0.4) is 0 Å². The Morgan fingerprint density at radius 1 is 1.00 bits per heavy atom. The van der Waals surface area contributed by atoms with E-state index in [1.807, 2.05) is 6.26 Å². The van der Waals surface area contributed by atoms with Crippen molar-refractivity contribution in [3.8, 4) is 0 Å². The van der Waals surface area contributed by atoms with Gasteiger partial charge in [-0.2, -0.15) is 11.8 Å². The van der Waals surface area contributed by atoms with Crippen LogP contribution in [0.2, 0.25) is 0 Å². The van der Waals surface area contributed by atoms with Crippen LogP contribution in [0.4, 0.5) is 0 Å². The molecule has 12 heteroatoms. The van der Waals surface area contributed by atoms with Crippen molar-refractivity contribution >= 4 is 41.4 Å². The van der Waals surface area contributed by atoms with E-state index in [9.17, 15) is 24.0 Å². The van der Waals surface area contributed by atoms with Gasteiger partial charge in [0.1, 0.15) is 18.1 Å². The van der Waals surface area contributed by atoms with Gasteiger partial charge in [0.15, 0.2) is 0 Å². The zero-order valence-corrected chi connectivity index (χ0v) is 16.1. The van der Waals surface area contributed by atoms with Crippen molar-refractivity contribution in [2.75, 3.05) is 18.6 Å². The molecule has 0 aliphatic heterocycles. The first kappa shape index (κ1) is 24.7. The van der Waals surface area contributed by atoms with Crippen LogP contribution in [0.5, 0.6) is 0 Å². The minimum atomic E-state index is -1.18. The van der Waals surface area contributed by atoms with Gasteiger partial charge in [0.05, 0.1) is 6.54 Å². The molecular formula is C15H27N5O6S. The third-order valence-electron chi connectivity index (χ3n) is 3.49. The van der Waals surface area contributed by atoms with E-state index in [0.29, 0.717) is 5.75 Å². The quantitative estimate of drug-likeness (QED) is 0.194. The van der Waals surface area contributed by atoms with Crippen molar-refractivity contribution in [2.45, 2.75) is 44.3 Å². The Hall–Kier alpha value is -2.34. The summed E-state index contributed by atoms with van der Waals surface area (Å²) in [6.07, 6.45) is 1.83. The Labute approximate surface area is 161 Å². The van der Waals surface area contributed by atoms with Crippen molar-refractivity contribution in [1.29, 1.82) is 0 Å². The van der Waals surface area contributed by atoms with Crippen molar-refractivity contribution in [3.63, 3.8) is 0 Å². The molecule has 11 nitrogen and oxygen atoms in total.